The van der Waals surface area contributed by atoms with Gasteiger partial charge in [0.2, 0.25) is 0 Å². The Morgan fingerprint density at radius 3 is 2.93 bits per heavy atom. The lowest BCUT2D eigenvalue weighted by Gasteiger charge is -2.32. The Hall–Kier alpha value is -1.22. The van der Waals surface area contributed by atoms with Gasteiger partial charge in [-0.15, -0.1) is 0 Å². The maximum atomic E-state index is 6.30. The molecule has 15 heavy (non-hydrogen) atoms. The highest BCUT2D eigenvalue weighted by Crippen LogP contribution is 2.57. The van der Waals surface area contributed by atoms with Crippen LogP contribution in [-0.2, 0) is 0 Å². The van der Waals surface area contributed by atoms with Crippen molar-refractivity contribution in [3.63, 3.8) is 0 Å². The quantitative estimate of drug-likeness (QED) is 0.734. The van der Waals surface area contributed by atoms with Crippen LogP contribution in [0.25, 0.3) is 0 Å². The van der Waals surface area contributed by atoms with Gasteiger partial charge in [0.15, 0.2) is 0 Å². The fraction of sp³-hybridized carbons (Fsp3) is 0.500. The van der Waals surface area contributed by atoms with E-state index in [-0.39, 0.29) is 6.04 Å². The first-order valence-corrected chi connectivity index (χ1v) is 5.43. The lowest BCUT2D eigenvalue weighted by atomic mass is 9.86. The van der Waals surface area contributed by atoms with Crippen molar-refractivity contribution in [1.29, 1.82) is 0 Å². The number of methoxy groups -OCH3 is 1. The molecule has 0 radical (unpaired) electrons. The summed E-state index contributed by atoms with van der Waals surface area (Å²) < 4.78 is 5.20. The van der Waals surface area contributed by atoms with E-state index in [1.54, 1.807) is 7.11 Å². The van der Waals surface area contributed by atoms with Crippen LogP contribution in [0.15, 0.2) is 18.2 Å². The summed E-state index contributed by atoms with van der Waals surface area (Å²) in [6.45, 7) is 1.01. The van der Waals surface area contributed by atoms with Crippen LogP contribution in [0.5, 0.6) is 5.75 Å². The number of ether oxygens (including phenoxy) is 1. The second kappa shape index (κ2) is 2.89. The number of nitrogens with two attached hydrogens (primary N) is 1. The average Bonchev–Trinajstić information content (AvgIpc) is 3.05. The van der Waals surface area contributed by atoms with Gasteiger partial charge in [0, 0.05) is 29.8 Å². The zero-order chi connectivity index (χ0) is 10.5. The molecule has 3 N–H and O–H groups in total. The third-order valence-corrected chi connectivity index (χ3v) is 3.78. The lowest BCUT2D eigenvalue weighted by molar-refractivity contribution is 0.406. The molecule has 1 spiro atoms. The van der Waals surface area contributed by atoms with Gasteiger partial charge in [0.1, 0.15) is 5.75 Å². The summed E-state index contributed by atoms with van der Waals surface area (Å²) in [6, 6.07) is 6.30. The van der Waals surface area contributed by atoms with E-state index in [2.05, 4.69) is 11.4 Å². The SMILES string of the molecule is COc1ccc2c(c1)NCC1(CC1)C2N. The molecule has 1 aromatic rings. The monoisotopic (exact) mass is 204 g/mol. The van der Waals surface area contributed by atoms with Gasteiger partial charge >= 0.3 is 0 Å². The number of benzene rings is 1. The van der Waals surface area contributed by atoms with Crippen LogP contribution < -0.4 is 15.8 Å². The van der Waals surface area contributed by atoms with E-state index < -0.39 is 0 Å². The summed E-state index contributed by atoms with van der Waals surface area (Å²) in [5, 5.41) is 3.46. The third kappa shape index (κ3) is 1.23. The van der Waals surface area contributed by atoms with E-state index in [0.29, 0.717) is 5.41 Å². The predicted molar refractivity (Wildman–Crippen MR) is 60.1 cm³/mol. The van der Waals surface area contributed by atoms with Crippen LogP contribution in [0.2, 0.25) is 0 Å². The minimum atomic E-state index is 0.194. The van der Waals surface area contributed by atoms with E-state index in [1.807, 2.05) is 12.1 Å². The molecular formula is C12H16N2O. The molecule has 0 bridgehead atoms. The summed E-state index contributed by atoms with van der Waals surface area (Å²) in [7, 11) is 1.69. The largest absolute Gasteiger partial charge is 0.497 e. The smallest absolute Gasteiger partial charge is 0.120 e. The number of anilines is 1. The Labute approximate surface area is 89.6 Å². The first-order chi connectivity index (χ1) is 7.25. The van der Waals surface area contributed by atoms with Crippen LogP contribution in [0.4, 0.5) is 5.69 Å². The second-order valence-electron chi connectivity index (χ2n) is 4.65. The van der Waals surface area contributed by atoms with Crippen molar-refractivity contribution in [1.82, 2.24) is 0 Å². The number of hydrogen-bond donors (Lipinski definition) is 2. The fourth-order valence-corrected chi connectivity index (χ4v) is 2.45. The van der Waals surface area contributed by atoms with Crippen molar-refractivity contribution in [3.05, 3.63) is 23.8 Å². The van der Waals surface area contributed by atoms with Gasteiger partial charge in [-0.2, -0.15) is 0 Å². The fourth-order valence-electron chi connectivity index (χ4n) is 2.45. The van der Waals surface area contributed by atoms with Gasteiger partial charge in [-0.1, -0.05) is 6.07 Å². The first kappa shape index (κ1) is 9.04. The van der Waals surface area contributed by atoms with Gasteiger partial charge in [-0.3, -0.25) is 0 Å². The molecule has 1 heterocycles. The van der Waals surface area contributed by atoms with E-state index in [1.165, 1.54) is 18.4 Å². The van der Waals surface area contributed by atoms with E-state index in [4.69, 9.17) is 10.5 Å². The molecule has 3 heteroatoms. The Balaban J connectivity index is 2.01. The number of fused-ring (bicyclic) bond motifs is 1. The lowest BCUT2D eigenvalue weighted by Crippen LogP contribution is -2.34. The third-order valence-electron chi connectivity index (χ3n) is 3.78. The minimum absolute atomic E-state index is 0.194. The molecule has 0 amide bonds. The standard InChI is InChI=1S/C12H16N2O/c1-15-8-2-3-9-10(6-8)14-7-12(4-5-12)11(9)13/h2-3,6,11,14H,4-5,7,13H2,1H3. The van der Waals surface area contributed by atoms with Gasteiger partial charge < -0.3 is 15.8 Å². The first-order valence-electron chi connectivity index (χ1n) is 5.43. The molecule has 1 atom stereocenters. The Bertz CT molecular complexity index is 399. The highest BCUT2D eigenvalue weighted by Gasteiger charge is 2.50. The summed E-state index contributed by atoms with van der Waals surface area (Å²) in [5.74, 6) is 0.889. The highest BCUT2D eigenvalue weighted by molar-refractivity contribution is 5.59. The van der Waals surface area contributed by atoms with Gasteiger partial charge in [0.25, 0.3) is 0 Å². The van der Waals surface area contributed by atoms with Crippen LogP contribution in [0.1, 0.15) is 24.4 Å². The molecule has 1 aromatic carbocycles. The van der Waals surface area contributed by atoms with E-state index >= 15 is 0 Å². The normalized spacial score (nSPS) is 25.6. The van der Waals surface area contributed by atoms with E-state index in [9.17, 15) is 0 Å². The molecule has 0 saturated heterocycles. The minimum Gasteiger partial charge on any atom is -0.497 e. The van der Waals surface area contributed by atoms with Crippen molar-refractivity contribution in [2.24, 2.45) is 11.1 Å². The summed E-state index contributed by atoms with van der Waals surface area (Å²) in [6.07, 6.45) is 2.51. The summed E-state index contributed by atoms with van der Waals surface area (Å²) >= 11 is 0. The zero-order valence-electron chi connectivity index (χ0n) is 8.92. The maximum absolute atomic E-state index is 6.30. The van der Waals surface area contributed by atoms with Crippen LogP contribution >= 0.6 is 0 Å². The van der Waals surface area contributed by atoms with Crippen molar-refractivity contribution in [2.75, 3.05) is 19.0 Å². The summed E-state index contributed by atoms with van der Waals surface area (Å²) in [5.41, 5.74) is 9.02. The van der Waals surface area contributed by atoms with Crippen LogP contribution in [0.3, 0.4) is 0 Å². The molecule has 1 aliphatic carbocycles. The van der Waals surface area contributed by atoms with Crippen molar-refractivity contribution >= 4 is 5.69 Å². The molecular weight excluding hydrogens is 188 g/mol. The van der Waals surface area contributed by atoms with Crippen molar-refractivity contribution in [2.45, 2.75) is 18.9 Å². The molecule has 1 unspecified atom stereocenters. The summed E-state index contributed by atoms with van der Waals surface area (Å²) in [4.78, 5) is 0. The maximum Gasteiger partial charge on any atom is 0.120 e. The molecule has 80 valence electrons. The van der Waals surface area contributed by atoms with Crippen LogP contribution in [-0.4, -0.2) is 13.7 Å². The number of rotatable bonds is 1. The average molecular weight is 204 g/mol. The van der Waals surface area contributed by atoms with Gasteiger partial charge in [-0.25, -0.2) is 0 Å². The van der Waals surface area contributed by atoms with Gasteiger partial charge in [-0.05, 0) is 24.5 Å². The molecule has 1 aliphatic heterocycles. The van der Waals surface area contributed by atoms with Gasteiger partial charge in [0.05, 0.1) is 7.11 Å². The Morgan fingerprint density at radius 2 is 2.27 bits per heavy atom. The van der Waals surface area contributed by atoms with Crippen molar-refractivity contribution < 1.29 is 4.74 Å². The molecule has 3 rings (SSSR count). The molecule has 1 saturated carbocycles. The molecule has 1 fully saturated rings. The molecule has 0 aromatic heterocycles. The second-order valence-corrected chi connectivity index (χ2v) is 4.65. The molecule has 2 aliphatic rings. The van der Waals surface area contributed by atoms with Crippen LogP contribution in [0, 0.1) is 5.41 Å². The zero-order valence-corrected chi connectivity index (χ0v) is 8.92. The highest BCUT2D eigenvalue weighted by atomic mass is 16.5. The van der Waals surface area contributed by atoms with E-state index in [0.717, 1.165) is 18.0 Å². The number of nitrogens with one attached hydrogen (secondary N) is 1. The Morgan fingerprint density at radius 1 is 1.47 bits per heavy atom. The Kier molecular flexibility index (Phi) is 1.74. The molecule has 3 nitrogen and oxygen atoms in total. The van der Waals surface area contributed by atoms with Crippen molar-refractivity contribution in [3.8, 4) is 5.75 Å². The number of hydrogen-bond acceptors (Lipinski definition) is 3. The topological polar surface area (TPSA) is 47.3 Å². The predicted octanol–water partition coefficient (Wildman–Crippen LogP) is 1.90.